The van der Waals surface area contributed by atoms with Crippen molar-refractivity contribution in [2.75, 3.05) is 18.1 Å². The van der Waals surface area contributed by atoms with Crippen LogP contribution in [0.4, 0.5) is 11.4 Å². The van der Waals surface area contributed by atoms with E-state index < -0.39 is 0 Å². The van der Waals surface area contributed by atoms with Gasteiger partial charge in [-0.3, -0.25) is 10.1 Å². The normalized spacial score (nSPS) is 12.2. The van der Waals surface area contributed by atoms with Crippen molar-refractivity contribution in [1.82, 2.24) is 0 Å². The van der Waals surface area contributed by atoms with Gasteiger partial charge in [0.25, 0.3) is 5.69 Å². The average molecular weight is 254 g/mol. The Bertz CT molecular complexity index is 396. The van der Waals surface area contributed by atoms with Crippen LogP contribution in [0.25, 0.3) is 0 Å². The first-order valence-corrected chi connectivity index (χ1v) is 6.85. The van der Waals surface area contributed by atoms with Crippen LogP contribution in [0.5, 0.6) is 0 Å². The highest BCUT2D eigenvalue weighted by Gasteiger charge is 2.13. The molecule has 0 spiro atoms. The minimum Gasteiger partial charge on any atom is -0.379 e. The van der Waals surface area contributed by atoms with Crippen LogP contribution in [0, 0.1) is 17.0 Å². The lowest BCUT2D eigenvalue weighted by Gasteiger charge is -2.10. The molecule has 1 aromatic carbocycles. The molecule has 0 fully saturated rings. The summed E-state index contributed by atoms with van der Waals surface area (Å²) in [5.41, 5.74) is 1.66. The number of nitro groups is 1. The Morgan fingerprint density at radius 3 is 2.82 bits per heavy atom. The van der Waals surface area contributed by atoms with Gasteiger partial charge in [-0.05, 0) is 31.2 Å². The van der Waals surface area contributed by atoms with Gasteiger partial charge < -0.3 is 5.32 Å². The van der Waals surface area contributed by atoms with Gasteiger partial charge in [0.2, 0.25) is 0 Å². The molecular weight excluding hydrogens is 236 g/mol. The summed E-state index contributed by atoms with van der Waals surface area (Å²) < 4.78 is 0. The van der Waals surface area contributed by atoms with Gasteiger partial charge in [-0.25, -0.2) is 0 Å². The Balaban J connectivity index is 2.67. The Hall–Kier alpha value is -1.23. The van der Waals surface area contributed by atoms with Crippen molar-refractivity contribution in [2.24, 2.45) is 0 Å². The zero-order valence-corrected chi connectivity index (χ0v) is 11.2. The van der Waals surface area contributed by atoms with Crippen LogP contribution in [0.3, 0.4) is 0 Å². The molecule has 0 heterocycles. The van der Waals surface area contributed by atoms with E-state index in [0.717, 1.165) is 18.5 Å². The number of aryl methyl sites for hydroxylation is 1. The molecule has 0 aliphatic heterocycles. The van der Waals surface area contributed by atoms with Crippen LogP contribution >= 0.6 is 11.8 Å². The molecule has 94 valence electrons. The van der Waals surface area contributed by atoms with Crippen LogP contribution in [0.1, 0.15) is 18.9 Å². The molecular formula is C12H18N2O2S. The maximum Gasteiger partial charge on any atom is 0.292 e. The van der Waals surface area contributed by atoms with Crippen LogP contribution in [0.2, 0.25) is 0 Å². The number of hydrogen-bond acceptors (Lipinski definition) is 4. The molecule has 1 aromatic rings. The maximum atomic E-state index is 10.9. The minimum atomic E-state index is -0.340. The number of thioether (sulfide) groups is 1. The Labute approximate surface area is 106 Å². The highest BCUT2D eigenvalue weighted by atomic mass is 32.2. The van der Waals surface area contributed by atoms with E-state index in [4.69, 9.17) is 0 Å². The molecule has 0 aromatic heterocycles. The summed E-state index contributed by atoms with van der Waals surface area (Å²) in [7, 11) is 0. The summed E-state index contributed by atoms with van der Waals surface area (Å²) in [6.07, 6.45) is 3.06. The third-order valence-corrected chi connectivity index (χ3v) is 3.66. The largest absolute Gasteiger partial charge is 0.379 e. The fourth-order valence-electron chi connectivity index (χ4n) is 1.47. The molecule has 1 N–H and O–H groups in total. The molecule has 0 bridgehead atoms. The standard InChI is InChI=1S/C12H18N2O2S/c1-9-4-5-11(12(8-9)14(15)16)13-7-6-10(2)17-3/h4-5,8,10,13H,6-7H2,1-3H3. The predicted octanol–water partition coefficient (Wildman–Crippen LogP) is 3.46. The van der Waals surface area contributed by atoms with Crippen molar-refractivity contribution in [3.05, 3.63) is 33.9 Å². The Morgan fingerprint density at radius 2 is 2.24 bits per heavy atom. The second-order valence-corrected chi connectivity index (χ2v) is 5.32. The Morgan fingerprint density at radius 1 is 1.53 bits per heavy atom. The molecule has 1 rings (SSSR count). The van der Waals surface area contributed by atoms with Gasteiger partial charge in [0.1, 0.15) is 5.69 Å². The average Bonchev–Trinajstić information content (AvgIpc) is 2.30. The van der Waals surface area contributed by atoms with Crippen molar-refractivity contribution < 1.29 is 4.92 Å². The van der Waals surface area contributed by atoms with E-state index in [1.807, 2.05) is 13.0 Å². The molecule has 1 unspecified atom stereocenters. The highest BCUT2D eigenvalue weighted by Crippen LogP contribution is 2.25. The molecule has 5 heteroatoms. The zero-order valence-electron chi connectivity index (χ0n) is 10.4. The first-order chi connectivity index (χ1) is 8.04. The number of benzene rings is 1. The number of nitro benzene ring substituents is 1. The Kier molecular flexibility index (Phi) is 5.28. The van der Waals surface area contributed by atoms with Gasteiger partial charge in [0, 0.05) is 17.9 Å². The predicted molar refractivity (Wildman–Crippen MR) is 73.9 cm³/mol. The van der Waals surface area contributed by atoms with Crippen LogP contribution < -0.4 is 5.32 Å². The lowest BCUT2D eigenvalue weighted by Crippen LogP contribution is -2.09. The minimum absolute atomic E-state index is 0.154. The van der Waals surface area contributed by atoms with Gasteiger partial charge in [-0.1, -0.05) is 13.0 Å². The first-order valence-electron chi connectivity index (χ1n) is 5.56. The van der Waals surface area contributed by atoms with Crippen LogP contribution in [-0.2, 0) is 0 Å². The maximum absolute atomic E-state index is 10.9. The van der Waals surface area contributed by atoms with Crippen molar-refractivity contribution in [3.8, 4) is 0 Å². The van der Waals surface area contributed by atoms with Crippen molar-refractivity contribution in [3.63, 3.8) is 0 Å². The van der Waals surface area contributed by atoms with Gasteiger partial charge in [0.05, 0.1) is 4.92 Å². The molecule has 4 nitrogen and oxygen atoms in total. The van der Waals surface area contributed by atoms with Gasteiger partial charge in [0.15, 0.2) is 0 Å². The topological polar surface area (TPSA) is 55.2 Å². The van der Waals surface area contributed by atoms with Gasteiger partial charge in [-0.2, -0.15) is 11.8 Å². The third-order valence-electron chi connectivity index (χ3n) is 2.62. The summed E-state index contributed by atoms with van der Waals surface area (Å²) in [5.74, 6) is 0. The van der Waals surface area contributed by atoms with E-state index in [1.54, 1.807) is 23.9 Å². The lowest BCUT2D eigenvalue weighted by molar-refractivity contribution is -0.384. The van der Waals surface area contributed by atoms with E-state index in [9.17, 15) is 10.1 Å². The summed E-state index contributed by atoms with van der Waals surface area (Å²) in [4.78, 5) is 10.5. The molecule has 0 aliphatic carbocycles. The third kappa shape index (κ3) is 4.26. The number of nitrogens with one attached hydrogen (secondary N) is 1. The number of nitrogens with zero attached hydrogens (tertiary/aromatic N) is 1. The zero-order chi connectivity index (χ0) is 12.8. The van der Waals surface area contributed by atoms with Gasteiger partial charge >= 0.3 is 0 Å². The van der Waals surface area contributed by atoms with E-state index in [-0.39, 0.29) is 10.6 Å². The highest BCUT2D eigenvalue weighted by molar-refractivity contribution is 7.99. The summed E-state index contributed by atoms with van der Waals surface area (Å²) in [5, 5.41) is 14.6. The summed E-state index contributed by atoms with van der Waals surface area (Å²) >= 11 is 1.80. The molecule has 0 amide bonds. The second-order valence-electron chi connectivity index (χ2n) is 4.04. The second kappa shape index (κ2) is 6.49. The molecule has 0 aliphatic rings. The molecule has 0 radical (unpaired) electrons. The first kappa shape index (κ1) is 13.8. The fourth-order valence-corrected chi connectivity index (χ4v) is 1.82. The van der Waals surface area contributed by atoms with Crippen LogP contribution in [0.15, 0.2) is 18.2 Å². The molecule has 17 heavy (non-hydrogen) atoms. The summed E-state index contributed by atoms with van der Waals surface area (Å²) in [6.45, 7) is 4.76. The van der Waals surface area contributed by atoms with E-state index >= 15 is 0 Å². The van der Waals surface area contributed by atoms with Crippen molar-refractivity contribution in [2.45, 2.75) is 25.5 Å². The van der Waals surface area contributed by atoms with Gasteiger partial charge in [-0.15, -0.1) is 0 Å². The summed E-state index contributed by atoms with van der Waals surface area (Å²) in [6, 6.07) is 5.25. The van der Waals surface area contributed by atoms with E-state index in [0.29, 0.717) is 10.9 Å². The monoisotopic (exact) mass is 254 g/mol. The SMILES string of the molecule is CSC(C)CCNc1ccc(C)cc1[N+](=O)[O-]. The molecule has 1 atom stereocenters. The lowest BCUT2D eigenvalue weighted by atomic mass is 10.2. The smallest absolute Gasteiger partial charge is 0.292 e. The fraction of sp³-hybridized carbons (Fsp3) is 0.500. The van der Waals surface area contributed by atoms with Crippen LogP contribution in [-0.4, -0.2) is 23.0 Å². The number of hydrogen-bond donors (Lipinski definition) is 1. The number of rotatable bonds is 6. The quantitative estimate of drug-likeness (QED) is 0.624. The van der Waals surface area contributed by atoms with Crippen molar-refractivity contribution >= 4 is 23.1 Å². The van der Waals surface area contributed by atoms with E-state index in [1.165, 1.54) is 0 Å². The number of anilines is 1. The van der Waals surface area contributed by atoms with Crippen molar-refractivity contribution in [1.29, 1.82) is 0 Å². The van der Waals surface area contributed by atoms with E-state index in [2.05, 4.69) is 18.5 Å². The molecule has 0 saturated carbocycles. The molecule has 0 saturated heterocycles.